The van der Waals surface area contributed by atoms with Gasteiger partial charge in [0.15, 0.2) is 15.0 Å². The molecule has 0 bridgehead atoms. The lowest BCUT2D eigenvalue weighted by Crippen LogP contribution is -2.23. The van der Waals surface area contributed by atoms with Crippen molar-refractivity contribution in [2.75, 3.05) is 11.5 Å². The van der Waals surface area contributed by atoms with E-state index in [-0.39, 0.29) is 17.4 Å². The van der Waals surface area contributed by atoms with E-state index in [4.69, 9.17) is 5.73 Å². The summed E-state index contributed by atoms with van der Waals surface area (Å²) in [7, 11) is -1.18. The van der Waals surface area contributed by atoms with E-state index in [2.05, 4.69) is 10.2 Å². The van der Waals surface area contributed by atoms with Crippen molar-refractivity contribution in [3.05, 3.63) is 5.82 Å². The first-order chi connectivity index (χ1) is 8.80. The Kier molecular flexibility index (Phi) is 3.86. The van der Waals surface area contributed by atoms with Crippen LogP contribution in [0, 0.1) is 0 Å². The predicted molar refractivity (Wildman–Crippen MR) is 71.5 cm³/mol. The van der Waals surface area contributed by atoms with Crippen molar-refractivity contribution in [3.63, 3.8) is 0 Å². The maximum atomic E-state index is 11.5. The van der Waals surface area contributed by atoms with Crippen molar-refractivity contribution in [2.24, 2.45) is 12.8 Å². The number of hydrogen-bond acceptors (Lipinski definition) is 6. The number of hydrogen-bond donors (Lipinski definition) is 1. The number of primary amides is 1. The number of sulfone groups is 1. The lowest BCUT2D eigenvalue weighted by atomic mass is 10.1. The van der Waals surface area contributed by atoms with E-state index < -0.39 is 21.0 Å². The molecule has 9 heteroatoms. The molecule has 0 spiro atoms. The SMILES string of the molecule is C[C@@H](Sc1nnc([C@H]2CCS(=O)(=O)C2)n1C)C(N)=O. The molecular formula is C10H16N4O3S2. The van der Waals surface area contributed by atoms with Gasteiger partial charge in [-0.2, -0.15) is 0 Å². The van der Waals surface area contributed by atoms with Gasteiger partial charge in [-0.25, -0.2) is 8.42 Å². The van der Waals surface area contributed by atoms with Gasteiger partial charge in [0, 0.05) is 13.0 Å². The summed E-state index contributed by atoms with van der Waals surface area (Å²) < 4.78 is 24.7. The molecule has 1 aromatic rings. The molecule has 1 amide bonds. The molecule has 1 fully saturated rings. The summed E-state index contributed by atoms with van der Waals surface area (Å²) in [6.07, 6.45) is 0.574. The Morgan fingerprint density at radius 1 is 1.53 bits per heavy atom. The fourth-order valence-corrected chi connectivity index (χ4v) is 4.51. The summed E-state index contributed by atoms with van der Waals surface area (Å²) in [4.78, 5) is 11.0. The molecule has 19 heavy (non-hydrogen) atoms. The molecule has 0 aromatic carbocycles. The highest BCUT2D eigenvalue weighted by Gasteiger charge is 2.32. The Balaban J connectivity index is 2.17. The van der Waals surface area contributed by atoms with Crippen LogP contribution < -0.4 is 5.73 Å². The third-order valence-electron chi connectivity index (χ3n) is 3.15. The number of thioether (sulfide) groups is 1. The highest BCUT2D eigenvalue weighted by molar-refractivity contribution is 8.00. The average Bonchev–Trinajstić information content (AvgIpc) is 2.83. The molecule has 7 nitrogen and oxygen atoms in total. The first-order valence-electron chi connectivity index (χ1n) is 5.86. The highest BCUT2D eigenvalue weighted by Crippen LogP contribution is 2.30. The van der Waals surface area contributed by atoms with Crippen molar-refractivity contribution < 1.29 is 13.2 Å². The second kappa shape index (κ2) is 5.12. The van der Waals surface area contributed by atoms with Gasteiger partial charge in [-0.05, 0) is 13.3 Å². The van der Waals surface area contributed by atoms with Gasteiger partial charge in [0.05, 0.1) is 16.8 Å². The Morgan fingerprint density at radius 2 is 2.21 bits per heavy atom. The largest absolute Gasteiger partial charge is 0.369 e. The molecule has 0 unspecified atom stereocenters. The minimum Gasteiger partial charge on any atom is -0.369 e. The number of nitrogens with two attached hydrogens (primary N) is 1. The number of rotatable bonds is 4. The third-order valence-corrected chi connectivity index (χ3v) is 6.07. The van der Waals surface area contributed by atoms with E-state index in [1.807, 2.05) is 0 Å². The second-order valence-electron chi connectivity index (χ2n) is 4.66. The Hall–Kier alpha value is -1.09. The number of amides is 1. The van der Waals surface area contributed by atoms with E-state index in [0.717, 1.165) is 0 Å². The van der Waals surface area contributed by atoms with Crippen molar-refractivity contribution in [1.82, 2.24) is 14.8 Å². The lowest BCUT2D eigenvalue weighted by Gasteiger charge is -2.09. The normalized spacial score (nSPS) is 23.4. The van der Waals surface area contributed by atoms with Crippen molar-refractivity contribution in [1.29, 1.82) is 0 Å². The minimum atomic E-state index is -2.95. The quantitative estimate of drug-likeness (QED) is 0.764. The summed E-state index contributed by atoms with van der Waals surface area (Å²) in [5, 5.41) is 8.23. The summed E-state index contributed by atoms with van der Waals surface area (Å²) in [5.41, 5.74) is 5.20. The molecule has 2 rings (SSSR count). The molecule has 2 atom stereocenters. The van der Waals surface area contributed by atoms with E-state index in [9.17, 15) is 13.2 Å². The maximum Gasteiger partial charge on any atom is 0.230 e. The predicted octanol–water partition coefficient (Wildman–Crippen LogP) is -0.317. The average molecular weight is 304 g/mol. The monoisotopic (exact) mass is 304 g/mol. The van der Waals surface area contributed by atoms with E-state index >= 15 is 0 Å². The zero-order chi connectivity index (χ0) is 14.2. The topological polar surface area (TPSA) is 108 Å². The number of nitrogens with zero attached hydrogens (tertiary/aromatic N) is 3. The standard InChI is InChI=1S/C10H16N4O3S2/c1-6(8(11)15)18-10-13-12-9(14(10)2)7-3-4-19(16,17)5-7/h6-7H,3-5H2,1-2H3,(H2,11,15)/t6-,7+/m1/s1. The van der Waals surface area contributed by atoms with Gasteiger partial charge in [-0.1, -0.05) is 11.8 Å². The molecule has 1 saturated heterocycles. The van der Waals surface area contributed by atoms with Crippen LogP contribution >= 0.6 is 11.8 Å². The van der Waals surface area contributed by atoms with Gasteiger partial charge in [-0.15, -0.1) is 10.2 Å². The minimum absolute atomic E-state index is 0.110. The van der Waals surface area contributed by atoms with Crippen molar-refractivity contribution >= 4 is 27.5 Å². The Bertz CT molecular complexity index is 596. The van der Waals surface area contributed by atoms with E-state index in [1.54, 1.807) is 18.5 Å². The number of carbonyl (C=O) groups is 1. The van der Waals surface area contributed by atoms with Crippen LogP contribution in [-0.4, -0.2) is 45.8 Å². The summed E-state index contributed by atoms with van der Waals surface area (Å²) >= 11 is 1.22. The van der Waals surface area contributed by atoms with Crippen LogP contribution in [0.2, 0.25) is 0 Å². The van der Waals surface area contributed by atoms with Crippen LogP contribution in [0.25, 0.3) is 0 Å². The molecule has 0 saturated carbocycles. The van der Waals surface area contributed by atoms with Crippen LogP contribution in [0.1, 0.15) is 25.1 Å². The number of carbonyl (C=O) groups excluding carboxylic acids is 1. The van der Waals surface area contributed by atoms with Gasteiger partial charge in [0.1, 0.15) is 5.82 Å². The lowest BCUT2D eigenvalue weighted by molar-refractivity contribution is -0.117. The number of aromatic nitrogens is 3. The summed E-state index contributed by atoms with van der Waals surface area (Å²) in [5.74, 6) is 0.443. The Labute approximate surface area is 115 Å². The molecule has 0 aliphatic carbocycles. The summed E-state index contributed by atoms with van der Waals surface area (Å²) in [6, 6.07) is 0. The van der Waals surface area contributed by atoms with Crippen LogP contribution in [0.5, 0.6) is 0 Å². The summed E-state index contributed by atoms with van der Waals surface area (Å²) in [6.45, 7) is 1.70. The smallest absolute Gasteiger partial charge is 0.230 e. The second-order valence-corrected chi connectivity index (χ2v) is 8.20. The zero-order valence-corrected chi connectivity index (χ0v) is 12.4. The molecular weight excluding hydrogens is 288 g/mol. The van der Waals surface area contributed by atoms with Gasteiger partial charge in [0.25, 0.3) is 0 Å². The molecule has 2 N–H and O–H groups in total. The first kappa shape index (κ1) is 14.3. The fourth-order valence-electron chi connectivity index (χ4n) is 2.00. The van der Waals surface area contributed by atoms with Crippen LogP contribution in [0.3, 0.4) is 0 Å². The van der Waals surface area contributed by atoms with Crippen LogP contribution in [-0.2, 0) is 21.7 Å². The van der Waals surface area contributed by atoms with E-state index in [1.165, 1.54) is 11.8 Å². The molecule has 0 radical (unpaired) electrons. The Morgan fingerprint density at radius 3 is 2.74 bits per heavy atom. The van der Waals surface area contributed by atoms with Crippen molar-refractivity contribution in [3.8, 4) is 0 Å². The fraction of sp³-hybridized carbons (Fsp3) is 0.700. The first-order valence-corrected chi connectivity index (χ1v) is 8.56. The van der Waals surface area contributed by atoms with Gasteiger partial charge in [-0.3, -0.25) is 4.79 Å². The molecule has 2 heterocycles. The van der Waals surface area contributed by atoms with E-state index in [0.29, 0.717) is 17.4 Å². The maximum absolute atomic E-state index is 11.5. The van der Waals surface area contributed by atoms with Crippen molar-refractivity contribution in [2.45, 2.75) is 29.7 Å². The van der Waals surface area contributed by atoms with Crippen LogP contribution in [0.15, 0.2) is 5.16 Å². The van der Waals surface area contributed by atoms with Gasteiger partial charge in [0.2, 0.25) is 5.91 Å². The third kappa shape index (κ3) is 3.08. The molecule has 1 aliphatic heterocycles. The zero-order valence-electron chi connectivity index (χ0n) is 10.7. The highest BCUT2D eigenvalue weighted by atomic mass is 32.2. The molecule has 1 aliphatic rings. The molecule has 106 valence electrons. The van der Waals surface area contributed by atoms with Gasteiger partial charge < -0.3 is 10.3 Å². The van der Waals surface area contributed by atoms with Gasteiger partial charge >= 0.3 is 0 Å². The van der Waals surface area contributed by atoms with Crippen LogP contribution in [0.4, 0.5) is 0 Å². The molecule has 1 aromatic heterocycles.